The van der Waals surface area contributed by atoms with Crippen molar-refractivity contribution >= 4 is 27.5 Å². The van der Waals surface area contributed by atoms with E-state index in [2.05, 4.69) is 118 Å². The van der Waals surface area contributed by atoms with Crippen LogP contribution in [-0.2, 0) is 10.8 Å². The smallest absolute Gasteiger partial charge is 0.187 e. The fourth-order valence-corrected chi connectivity index (χ4v) is 8.08. The number of hydrogen-bond donors (Lipinski definition) is 0. The van der Waals surface area contributed by atoms with Crippen LogP contribution in [0.1, 0.15) is 58.2 Å². The van der Waals surface area contributed by atoms with Crippen LogP contribution < -0.4 is 0 Å². The fourth-order valence-electron chi connectivity index (χ4n) is 8.08. The summed E-state index contributed by atoms with van der Waals surface area (Å²) in [5.74, 6) is 1.63. The van der Waals surface area contributed by atoms with Crippen molar-refractivity contribution in [2.45, 2.75) is 52.4 Å². The number of benzene rings is 7. The molecular formula is C55H44N6. The third kappa shape index (κ3) is 7.35. The molecule has 7 aromatic carbocycles. The van der Waals surface area contributed by atoms with E-state index in [4.69, 9.17) is 21.5 Å². The molecule has 0 unspecified atom stereocenters. The van der Waals surface area contributed by atoms with Crippen molar-refractivity contribution in [3.63, 3.8) is 0 Å². The highest BCUT2D eigenvalue weighted by Crippen LogP contribution is 2.45. The van der Waals surface area contributed by atoms with Gasteiger partial charge in [0.15, 0.2) is 23.2 Å². The Morgan fingerprint density at radius 3 is 1.43 bits per heavy atom. The van der Waals surface area contributed by atoms with Crippen LogP contribution in [0.3, 0.4) is 0 Å². The van der Waals surface area contributed by atoms with Gasteiger partial charge in [-0.25, -0.2) is 19.8 Å². The molecular weight excluding hydrogens is 745 g/mol. The molecule has 0 spiro atoms. The first-order chi connectivity index (χ1) is 29.4. The number of hydrogen-bond acceptors (Lipinski definition) is 4. The maximum atomic E-state index is 10.2. The molecule has 0 saturated carbocycles. The van der Waals surface area contributed by atoms with Gasteiger partial charge in [-0.1, -0.05) is 145 Å². The normalized spacial score (nSPS) is 11.7. The van der Waals surface area contributed by atoms with Gasteiger partial charge < -0.3 is 4.57 Å². The summed E-state index contributed by atoms with van der Waals surface area (Å²) >= 11 is 0. The summed E-state index contributed by atoms with van der Waals surface area (Å²) in [4.78, 5) is 19.2. The zero-order valence-corrected chi connectivity index (χ0v) is 35.2. The van der Waals surface area contributed by atoms with Crippen molar-refractivity contribution in [1.82, 2.24) is 19.5 Å². The van der Waals surface area contributed by atoms with Gasteiger partial charge in [0.25, 0.3) is 0 Å². The van der Waals surface area contributed by atoms with Gasteiger partial charge >= 0.3 is 0 Å². The molecule has 2 heterocycles. The predicted molar refractivity (Wildman–Crippen MR) is 250 cm³/mol. The van der Waals surface area contributed by atoms with Crippen LogP contribution in [0.25, 0.3) is 88.8 Å². The summed E-state index contributed by atoms with van der Waals surface area (Å²) in [6, 6.07) is 55.9. The van der Waals surface area contributed by atoms with Crippen molar-refractivity contribution < 1.29 is 0 Å². The topological polar surface area (TPSA) is 71.8 Å². The van der Waals surface area contributed by atoms with Gasteiger partial charge in [0.2, 0.25) is 0 Å². The Morgan fingerprint density at radius 2 is 0.951 bits per heavy atom. The first kappa shape index (κ1) is 38.8. The number of rotatable bonds is 6. The molecule has 294 valence electrons. The van der Waals surface area contributed by atoms with Gasteiger partial charge in [0, 0.05) is 38.6 Å². The molecule has 6 nitrogen and oxygen atoms in total. The highest BCUT2D eigenvalue weighted by molar-refractivity contribution is 6.11. The minimum atomic E-state index is -0.0676. The number of nitriles is 1. The van der Waals surface area contributed by atoms with Gasteiger partial charge in [-0.15, -0.1) is 0 Å². The van der Waals surface area contributed by atoms with E-state index in [1.54, 1.807) is 0 Å². The predicted octanol–water partition coefficient (Wildman–Crippen LogP) is 14.3. The Kier molecular flexibility index (Phi) is 9.66. The molecule has 61 heavy (non-hydrogen) atoms. The van der Waals surface area contributed by atoms with Crippen LogP contribution in [0, 0.1) is 17.9 Å². The van der Waals surface area contributed by atoms with E-state index in [1.165, 1.54) is 11.1 Å². The maximum absolute atomic E-state index is 10.2. The summed E-state index contributed by atoms with van der Waals surface area (Å²) in [6.07, 6.45) is 0. The average molecular weight is 789 g/mol. The molecule has 6 heteroatoms. The summed E-state index contributed by atoms with van der Waals surface area (Å²) in [5.41, 5.74) is 12.5. The van der Waals surface area contributed by atoms with E-state index in [0.717, 1.165) is 66.4 Å². The quantitative estimate of drug-likeness (QED) is 0.157. The highest BCUT2D eigenvalue weighted by Gasteiger charge is 2.26. The highest BCUT2D eigenvalue weighted by atomic mass is 15.0. The summed E-state index contributed by atoms with van der Waals surface area (Å²) in [7, 11) is 0. The minimum Gasteiger partial charge on any atom is -0.308 e. The standard InChI is InChI=1S/C55H44N6/c1-54(2,3)41-24-26-48-46(32-41)47-33-42(55(4,5)6)25-27-49(47)61(48)50-44(38-21-14-16-35(28-38)34-56)30-40(31-45(50)39-22-15-23-43(29-39)57-7)53-59-51(36-17-10-8-11-18-36)58-52(60-53)37-19-12-9-13-20-37/h8-33H,1-6H3. The Hall–Kier alpha value is -7.67. The van der Waals surface area contributed by atoms with Crippen LogP contribution in [0.15, 0.2) is 158 Å². The zero-order valence-electron chi connectivity index (χ0n) is 35.2. The van der Waals surface area contributed by atoms with Crippen molar-refractivity contribution in [3.05, 3.63) is 186 Å². The van der Waals surface area contributed by atoms with Crippen molar-refractivity contribution in [1.29, 1.82) is 5.26 Å². The molecule has 0 saturated heterocycles. The van der Waals surface area contributed by atoms with E-state index >= 15 is 0 Å². The Balaban J connectivity index is 1.45. The maximum Gasteiger partial charge on any atom is 0.187 e. The lowest BCUT2D eigenvalue weighted by Gasteiger charge is -2.22. The van der Waals surface area contributed by atoms with Gasteiger partial charge in [-0.3, -0.25) is 0 Å². The second kappa shape index (κ2) is 15.2. The van der Waals surface area contributed by atoms with Crippen LogP contribution in [0.2, 0.25) is 0 Å². The molecule has 0 radical (unpaired) electrons. The van der Waals surface area contributed by atoms with Gasteiger partial charge in [-0.2, -0.15) is 5.26 Å². The second-order valence-electron chi connectivity index (χ2n) is 17.6. The first-order valence-electron chi connectivity index (χ1n) is 20.5. The van der Waals surface area contributed by atoms with Crippen molar-refractivity contribution in [2.75, 3.05) is 0 Å². The van der Waals surface area contributed by atoms with Crippen LogP contribution >= 0.6 is 0 Å². The van der Waals surface area contributed by atoms with Crippen molar-refractivity contribution in [3.8, 4) is 68.2 Å². The molecule has 9 aromatic rings. The SMILES string of the molecule is [C-]#[N+]c1cccc(-c2cc(-c3nc(-c4ccccc4)nc(-c4ccccc4)n3)cc(-c3cccc(C#N)c3)c2-n2c3ccc(C(C)(C)C)cc3c3cc(C(C)(C)C)ccc32)c1. The largest absolute Gasteiger partial charge is 0.308 e. The molecule has 0 aliphatic carbocycles. The molecule has 0 aliphatic heterocycles. The molecule has 0 bridgehead atoms. The summed E-state index contributed by atoms with van der Waals surface area (Å²) in [6.45, 7) is 21.5. The lowest BCUT2D eigenvalue weighted by atomic mass is 9.85. The van der Waals surface area contributed by atoms with Gasteiger partial charge in [0.1, 0.15) is 0 Å². The molecule has 0 amide bonds. The third-order valence-corrected chi connectivity index (χ3v) is 11.4. The van der Waals surface area contributed by atoms with E-state index in [9.17, 15) is 5.26 Å². The molecule has 9 rings (SSSR count). The van der Waals surface area contributed by atoms with E-state index < -0.39 is 0 Å². The lowest BCUT2D eigenvalue weighted by Crippen LogP contribution is -2.10. The van der Waals surface area contributed by atoms with E-state index in [0.29, 0.717) is 28.7 Å². The fraction of sp³-hybridized carbons (Fsp3) is 0.145. The second-order valence-corrected chi connectivity index (χ2v) is 17.6. The number of nitrogens with zero attached hydrogens (tertiary/aromatic N) is 6. The molecule has 2 aromatic heterocycles. The number of aromatic nitrogens is 4. The monoisotopic (exact) mass is 788 g/mol. The van der Waals surface area contributed by atoms with Gasteiger partial charge in [-0.05, 0) is 87.7 Å². The Bertz CT molecular complexity index is 3020. The summed E-state index contributed by atoms with van der Waals surface area (Å²) in [5, 5.41) is 12.5. The average Bonchev–Trinajstić information content (AvgIpc) is 3.61. The van der Waals surface area contributed by atoms with E-state index in [-0.39, 0.29) is 10.8 Å². The van der Waals surface area contributed by atoms with Crippen LogP contribution in [0.4, 0.5) is 5.69 Å². The number of fused-ring (bicyclic) bond motifs is 3. The minimum absolute atomic E-state index is 0.0676. The first-order valence-corrected chi connectivity index (χ1v) is 20.5. The molecule has 0 N–H and O–H groups in total. The lowest BCUT2D eigenvalue weighted by molar-refractivity contribution is 0.590. The van der Waals surface area contributed by atoms with E-state index in [1.807, 2.05) is 97.1 Å². The third-order valence-electron chi connectivity index (χ3n) is 11.4. The molecule has 0 aliphatic rings. The zero-order chi connectivity index (χ0) is 42.5. The Labute approximate surface area is 357 Å². The van der Waals surface area contributed by atoms with Crippen LogP contribution in [0.5, 0.6) is 0 Å². The molecule has 0 atom stereocenters. The van der Waals surface area contributed by atoms with Crippen molar-refractivity contribution in [2.24, 2.45) is 0 Å². The van der Waals surface area contributed by atoms with Gasteiger partial charge in [0.05, 0.1) is 34.9 Å². The molecule has 0 fully saturated rings. The Morgan fingerprint density at radius 1 is 0.492 bits per heavy atom. The van der Waals surface area contributed by atoms with Crippen LogP contribution in [-0.4, -0.2) is 19.5 Å². The summed E-state index contributed by atoms with van der Waals surface area (Å²) < 4.78 is 2.37.